The predicted molar refractivity (Wildman–Crippen MR) is 89.3 cm³/mol. The van der Waals surface area contributed by atoms with Gasteiger partial charge < -0.3 is 15.0 Å². The standard InChI is InChI=1S/C18H26N2O3/c1-4-23-16-8-6-5-7-14(16)9-10-19-18(22)15-11-17(21)20(12-15)13(2)3/h5-8,13,15H,4,9-12H2,1-3H3,(H,19,22). The average Bonchev–Trinajstić information content (AvgIpc) is 2.91. The molecule has 23 heavy (non-hydrogen) atoms. The summed E-state index contributed by atoms with van der Waals surface area (Å²) in [7, 11) is 0. The molecule has 0 aromatic heterocycles. The molecule has 2 rings (SSSR count). The van der Waals surface area contributed by atoms with E-state index in [9.17, 15) is 9.59 Å². The minimum atomic E-state index is -0.230. The molecule has 126 valence electrons. The maximum atomic E-state index is 12.2. The van der Waals surface area contributed by atoms with Crippen LogP contribution in [-0.2, 0) is 16.0 Å². The van der Waals surface area contributed by atoms with Crippen LogP contribution in [-0.4, -0.2) is 42.5 Å². The number of nitrogens with zero attached hydrogens (tertiary/aromatic N) is 1. The lowest BCUT2D eigenvalue weighted by Crippen LogP contribution is -2.36. The molecule has 2 amide bonds. The summed E-state index contributed by atoms with van der Waals surface area (Å²) >= 11 is 0. The van der Waals surface area contributed by atoms with Crippen LogP contribution in [0.25, 0.3) is 0 Å². The molecule has 0 saturated carbocycles. The van der Waals surface area contributed by atoms with Gasteiger partial charge in [-0.15, -0.1) is 0 Å². The van der Waals surface area contributed by atoms with Gasteiger partial charge in [-0.3, -0.25) is 9.59 Å². The second-order valence-electron chi connectivity index (χ2n) is 6.12. The molecular formula is C18H26N2O3. The maximum absolute atomic E-state index is 12.2. The maximum Gasteiger partial charge on any atom is 0.225 e. The highest BCUT2D eigenvalue weighted by atomic mass is 16.5. The fourth-order valence-corrected chi connectivity index (χ4v) is 2.88. The summed E-state index contributed by atoms with van der Waals surface area (Å²) in [5.41, 5.74) is 1.08. The van der Waals surface area contributed by atoms with Crippen LogP contribution >= 0.6 is 0 Å². The first-order chi connectivity index (χ1) is 11.0. The number of rotatable bonds is 7. The lowest BCUT2D eigenvalue weighted by molar-refractivity contribution is -0.129. The van der Waals surface area contributed by atoms with Gasteiger partial charge in [0, 0.05) is 25.6 Å². The lowest BCUT2D eigenvalue weighted by Gasteiger charge is -2.20. The molecule has 1 atom stereocenters. The number of nitrogens with one attached hydrogen (secondary N) is 1. The Kier molecular flexibility index (Phi) is 6.02. The van der Waals surface area contributed by atoms with Crippen LogP contribution in [0.4, 0.5) is 0 Å². The van der Waals surface area contributed by atoms with Crippen molar-refractivity contribution in [2.45, 2.75) is 39.7 Å². The zero-order chi connectivity index (χ0) is 16.8. The highest BCUT2D eigenvalue weighted by molar-refractivity contribution is 5.89. The van der Waals surface area contributed by atoms with E-state index in [0.29, 0.717) is 26.1 Å². The molecule has 5 heteroatoms. The van der Waals surface area contributed by atoms with Crippen molar-refractivity contribution in [2.24, 2.45) is 5.92 Å². The van der Waals surface area contributed by atoms with Gasteiger partial charge in [0.1, 0.15) is 5.75 Å². The van der Waals surface area contributed by atoms with Gasteiger partial charge in [-0.2, -0.15) is 0 Å². The third-order valence-corrected chi connectivity index (χ3v) is 4.12. The van der Waals surface area contributed by atoms with Crippen LogP contribution in [0, 0.1) is 5.92 Å². The van der Waals surface area contributed by atoms with E-state index in [0.717, 1.165) is 17.7 Å². The molecular weight excluding hydrogens is 292 g/mol. The first kappa shape index (κ1) is 17.3. The summed E-state index contributed by atoms with van der Waals surface area (Å²) < 4.78 is 5.58. The van der Waals surface area contributed by atoms with E-state index in [1.165, 1.54) is 0 Å². The number of carbonyl (C=O) groups excluding carboxylic acids is 2. The van der Waals surface area contributed by atoms with Crippen LogP contribution in [0.15, 0.2) is 24.3 Å². The van der Waals surface area contributed by atoms with E-state index in [4.69, 9.17) is 4.74 Å². The van der Waals surface area contributed by atoms with E-state index in [-0.39, 0.29) is 23.8 Å². The number of hydrogen-bond acceptors (Lipinski definition) is 3. The Labute approximate surface area is 138 Å². The summed E-state index contributed by atoms with van der Waals surface area (Å²) in [6, 6.07) is 8.01. The average molecular weight is 318 g/mol. The van der Waals surface area contributed by atoms with Crippen molar-refractivity contribution in [1.82, 2.24) is 10.2 Å². The number of carbonyl (C=O) groups is 2. The Morgan fingerprint density at radius 2 is 2.13 bits per heavy atom. The molecule has 0 bridgehead atoms. The molecule has 1 heterocycles. The molecule has 0 radical (unpaired) electrons. The fraction of sp³-hybridized carbons (Fsp3) is 0.556. The van der Waals surface area contributed by atoms with Crippen LogP contribution in [0.5, 0.6) is 5.75 Å². The molecule has 0 aliphatic carbocycles. The van der Waals surface area contributed by atoms with Crippen molar-refractivity contribution >= 4 is 11.8 Å². The number of benzene rings is 1. The number of ether oxygens (including phenoxy) is 1. The van der Waals surface area contributed by atoms with E-state index in [2.05, 4.69) is 5.32 Å². The van der Waals surface area contributed by atoms with Gasteiger partial charge in [0.05, 0.1) is 12.5 Å². The largest absolute Gasteiger partial charge is 0.494 e. The van der Waals surface area contributed by atoms with Gasteiger partial charge in [0.25, 0.3) is 0 Å². The van der Waals surface area contributed by atoms with Crippen molar-refractivity contribution < 1.29 is 14.3 Å². The molecule has 1 fully saturated rings. The van der Waals surface area contributed by atoms with Gasteiger partial charge in [0.15, 0.2) is 0 Å². The Morgan fingerprint density at radius 3 is 2.78 bits per heavy atom. The zero-order valence-electron chi connectivity index (χ0n) is 14.2. The van der Waals surface area contributed by atoms with Crippen LogP contribution in [0.3, 0.4) is 0 Å². The molecule has 1 aromatic rings. The Morgan fingerprint density at radius 1 is 1.39 bits per heavy atom. The van der Waals surface area contributed by atoms with E-state index >= 15 is 0 Å². The van der Waals surface area contributed by atoms with E-state index < -0.39 is 0 Å². The Balaban J connectivity index is 1.83. The summed E-state index contributed by atoms with van der Waals surface area (Å²) in [6.45, 7) is 7.60. The quantitative estimate of drug-likeness (QED) is 0.836. The van der Waals surface area contributed by atoms with E-state index in [1.54, 1.807) is 4.90 Å². The van der Waals surface area contributed by atoms with E-state index in [1.807, 2.05) is 45.0 Å². The molecule has 1 N–H and O–H groups in total. The summed E-state index contributed by atoms with van der Waals surface area (Å²) in [5, 5.41) is 2.95. The smallest absolute Gasteiger partial charge is 0.225 e. The number of likely N-dealkylation sites (tertiary alicyclic amines) is 1. The molecule has 1 aromatic carbocycles. The first-order valence-electron chi connectivity index (χ1n) is 8.30. The third-order valence-electron chi connectivity index (χ3n) is 4.12. The summed E-state index contributed by atoms with van der Waals surface area (Å²) in [5.74, 6) is 0.676. The topological polar surface area (TPSA) is 58.6 Å². The molecule has 1 saturated heterocycles. The van der Waals surface area contributed by atoms with Gasteiger partial charge >= 0.3 is 0 Å². The second kappa shape index (κ2) is 7.99. The van der Waals surface area contributed by atoms with Crippen molar-refractivity contribution in [2.75, 3.05) is 19.7 Å². The molecule has 1 aliphatic rings. The normalized spacial score (nSPS) is 17.7. The van der Waals surface area contributed by atoms with Crippen LogP contribution in [0.1, 0.15) is 32.8 Å². The van der Waals surface area contributed by atoms with Gasteiger partial charge in [-0.05, 0) is 38.8 Å². The minimum absolute atomic E-state index is 0.0320. The molecule has 0 spiro atoms. The van der Waals surface area contributed by atoms with Gasteiger partial charge in [-0.1, -0.05) is 18.2 Å². The van der Waals surface area contributed by atoms with Crippen molar-refractivity contribution in [3.63, 3.8) is 0 Å². The third kappa shape index (κ3) is 4.47. The molecule has 5 nitrogen and oxygen atoms in total. The Hall–Kier alpha value is -2.04. The van der Waals surface area contributed by atoms with Crippen LogP contribution < -0.4 is 10.1 Å². The van der Waals surface area contributed by atoms with Crippen molar-refractivity contribution in [3.8, 4) is 5.75 Å². The predicted octanol–water partition coefficient (Wildman–Crippen LogP) is 2.00. The summed E-state index contributed by atoms with van der Waals surface area (Å²) in [4.78, 5) is 25.9. The first-order valence-corrected chi connectivity index (χ1v) is 8.30. The molecule has 1 aliphatic heterocycles. The fourth-order valence-electron chi connectivity index (χ4n) is 2.88. The minimum Gasteiger partial charge on any atom is -0.494 e. The van der Waals surface area contributed by atoms with Crippen LogP contribution in [0.2, 0.25) is 0 Å². The molecule has 1 unspecified atom stereocenters. The van der Waals surface area contributed by atoms with Gasteiger partial charge in [-0.25, -0.2) is 0 Å². The SMILES string of the molecule is CCOc1ccccc1CCNC(=O)C1CC(=O)N(C(C)C)C1. The monoisotopic (exact) mass is 318 g/mol. The second-order valence-corrected chi connectivity index (χ2v) is 6.12. The number of amides is 2. The number of hydrogen-bond donors (Lipinski definition) is 1. The summed E-state index contributed by atoms with van der Waals surface area (Å²) in [6.07, 6.45) is 1.04. The number of para-hydroxylation sites is 1. The Bertz CT molecular complexity index is 557. The van der Waals surface area contributed by atoms with Crippen molar-refractivity contribution in [3.05, 3.63) is 29.8 Å². The highest BCUT2D eigenvalue weighted by Gasteiger charge is 2.35. The van der Waals surface area contributed by atoms with Gasteiger partial charge in [0.2, 0.25) is 11.8 Å². The highest BCUT2D eigenvalue weighted by Crippen LogP contribution is 2.21. The zero-order valence-corrected chi connectivity index (χ0v) is 14.2. The lowest BCUT2D eigenvalue weighted by atomic mass is 10.1. The van der Waals surface area contributed by atoms with Crippen molar-refractivity contribution in [1.29, 1.82) is 0 Å².